The number of fused-ring (bicyclic) bond motifs is 1. The molecule has 0 fully saturated rings. The summed E-state index contributed by atoms with van der Waals surface area (Å²) < 4.78 is 21.8. The van der Waals surface area contributed by atoms with E-state index in [1.54, 1.807) is 0 Å². The normalized spacial score (nSPS) is 12.2. The Balaban J connectivity index is 1.66. The molecule has 0 aromatic heterocycles. The summed E-state index contributed by atoms with van der Waals surface area (Å²) in [7, 11) is -2.14. The number of carbonyl (C=O) groups excluding carboxylic acids is 2. The number of carboxylic acid groups (broad SMARTS) is 1. The predicted octanol–water partition coefficient (Wildman–Crippen LogP) is 4.09. The van der Waals surface area contributed by atoms with Gasteiger partial charge in [0.15, 0.2) is 0 Å². The first-order chi connectivity index (χ1) is 16.7. The molecule has 184 valence electrons. The van der Waals surface area contributed by atoms with Gasteiger partial charge >= 0.3 is 13.6 Å². The van der Waals surface area contributed by atoms with Crippen molar-refractivity contribution < 1.29 is 33.1 Å². The molecule has 3 aromatic rings. The molecule has 0 saturated carbocycles. The van der Waals surface area contributed by atoms with Crippen LogP contribution in [0.2, 0.25) is 5.02 Å². The fourth-order valence-corrected chi connectivity index (χ4v) is 4.91. The molecule has 3 N–H and O–H groups in total. The number of halogens is 1. The second kappa shape index (κ2) is 11.5. The summed E-state index contributed by atoms with van der Waals surface area (Å²) in [5.74, 6) is -4.85. The molecule has 0 heterocycles. The highest BCUT2D eigenvalue weighted by atomic mass is 35.5. The standard InChI is InChI=1S/C24H24ClN2O7P/c1-33-35(32,34-2)23(24(30)31)27-22(29)19-11-10-17(14-20(19)25)21(28)26-13-12-16-8-5-7-15-6-3-4-9-18(15)16/h3-11,14,23H,12-13H2,1-2H3,(H,26,28)(H,27,29)(H,30,31)/t23-/m0/s1. The number of carboxylic acids is 1. The van der Waals surface area contributed by atoms with E-state index in [0.717, 1.165) is 30.6 Å². The molecule has 11 heteroatoms. The Morgan fingerprint density at radius 2 is 1.69 bits per heavy atom. The smallest absolute Gasteiger partial charge is 0.363 e. The van der Waals surface area contributed by atoms with Crippen molar-refractivity contribution in [3.63, 3.8) is 0 Å². The minimum absolute atomic E-state index is 0.0852. The molecular weight excluding hydrogens is 495 g/mol. The molecule has 0 radical (unpaired) electrons. The van der Waals surface area contributed by atoms with Crippen LogP contribution in [0.3, 0.4) is 0 Å². The number of nitrogens with one attached hydrogen (secondary N) is 2. The van der Waals surface area contributed by atoms with Gasteiger partial charge in [-0.1, -0.05) is 54.1 Å². The number of rotatable bonds is 10. The Morgan fingerprint density at radius 3 is 2.34 bits per heavy atom. The summed E-state index contributed by atoms with van der Waals surface area (Å²) in [6.07, 6.45) is 0.622. The zero-order chi connectivity index (χ0) is 25.6. The van der Waals surface area contributed by atoms with Crippen molar-refractivity contribution >= 4 is 47.8 Å². The van der Waals surface area contributed by atoms with Crippen LogP contribution < -0.4 is 10.6 Å². The van der Waals surface area contributed by atoms with E-state index in [1.807, 2.05) is 42.5 Å². The fraction of sp³-hybridized carbons (Fsp3) is 0.208. The van der Waals surface area contributed by atoms with Gasteiger partial charge in [-0.15, -0.1) is 0 Å². The third-order valence-corrected chi connectivity index (χ3v) is 7.68. The van der Waals surface area contributed by atoms with E-state index in [4.69, 9.17) is 11.6 Å². The van der Waals surface area contributed by atoms with Gasteiger partial charge in [-0.3, -0.25) is 14.2 Å². The average molecular weight is 519 g/mol. The first-order valence-corrected chi connectivity index (χ1v) is 12.5. The molecule has 0 aliphatic rings. The van der Waals surface area contributed by atoms with Crippen LogP contribution in [0.1, 0.15) is 26.3 Å². The molecule has 0 unspecified atom stereocenters. The van der Waals surface area contributed by atoms with Crippen molar-refractivity contribution in [2.45, 2.75) is 12.2 Å². The van der Waals surface area contributed by atoms with E-state index in [2.05, 4.69) is 19.7 Å². The zero-order valence-corrected chi connectivity index (χ0v) is 20.6. The van der Waals surface area contributed by atoms with E-state index >= 15 is 0 Å². The largest absolute Gasteiger partial charge is 0.479 e. The number of carbonyl (C=O) groups is 3. The van der Waals surface area contributed by atoms with E-state index in [0.29, 0.717) is 13.0 Å². The zero-order valence-electron chi connectivity index (χ0n) is 19.0. The Bertz CT molecular complexity index is 1300. The highest BCUT2D eigenvalue weighted by molar-refractivity contribution is 7.55. The SMILES string of the molecule is COP(=O)(OC)[C@H](NC(=O)c1ccc(C(=O)NCCc2cccc3ccccc23)cc1Cl)C(=O)O. The van der Waals surface area contributed by atoms with Crippen molar-refractivity contribution in [3.05, 3.63) is 82.4 Å². The number of amides is 2. The van der Waals surface area contributed by atoms with Gasteiger partial charge in [-0.2, -0.15) is 0 Å². The van der Waals surface area contributed by atoms with Crippen LogP contribution in [0.4, 0.5) is 0 Å². The lowest BCUT2D eigenvalue weighted by atomic mass is 10.0. The highest BCUT2D eigenvalue weighted by Gasteiger charge is 2.41. The maximum absolute atomic E-state index is 12.6. The Hall–Kier alpha value is -3.23. The fourth-order valence-electron chi connectivity index (χ4n) is 3.53. The van der Waals surface area contributed by atoms with E-state index < -0.39 is 25.3 Å². The van der Waals surface area contributed by atoms with Crippen LogP contribution in [0, 0.1) is 0 Å². The first kappa shape index (κ1) is 26.4. The summed E-state index contributed by atoms with van der Waals surface area (Å²) in [5.41, 5.74) is 1.22. The summed E-state index contributed by atoms with van der Waals surface area (Å²) in [5, 5.41) is 16.4. The second-order valence-corrected chi connectivity index (χ2v) is 10.2. The van der Waals surface area contributed by atoms with Crippen LogP contribution in [-0.4, -0.2) is 49.4 Å². The molecule has 1 atom stereocenters. The second-order valence-electron chi connectivity index (χ2n) is 7.46. The quantitative estimate of drug-likeness (QED) is 0.344. The summed E-state index contributed by atoms with van der Waals surface area (Å²) >= 11 is 6.19. The molecule has 0 bridgehead atoms. The van der Waals surface area contributed by atoms with Gasteiger partial charge in [-0.05, 0) is 41.0 Å². The van der Waals surface area contributed by atoms with Crippen LogP contribution in [0.15, 0.2) is 60.7 Å². The van der Waals surface area contributed by atoms with Crippen LogP contribution in [0.5, 0.6) is 0 Å². The van der Waals surface area contributed by atoms with Crippen LogP contribution in [-0.2, 0) is 24.8 Å². The Labute approximate surface area is 206 Å². The van der Waals surface area contributed by atoms with Crippen LogP contribution >= 0.6 is 19.2 Å². The number of benzene rings is 3. The van der Waals surface area contributed by atoms with Gasteiger partial charge in [0.2, 0.25) is 5.78 Å². The van der Waals surface area contributed by atoms with Gasteiger partial charge in [0.25, 0.3) is 11.8 Å². The molecule has 0 saturated heterocycles. The monoisotopic (exact) mass is 518 g/mol. The van der Waals surface area contributed by atoms with Gasteiger partial charge in [-0.25, -0.2) is 4.79 Å². The van der Waals surface area contributed by atoms with E-state index in [9.17, 15) is 24.1 Å². The summed E-state index contributed by atoms with van der Waals surface area (Å²) in [4.78, 5) is 36.7. The topological polar surface area (TPSA) is 131 Å². The van der Waals surface area contributed by atoms with Crippen molar-refractivity contribution in [1.82, 2.24) is 10.6 Å². The minimum atomic E-state index is -4.15. The molecule has 9 nitrogen and oxygen atoms in total. The molecule has 3 aromatic carbocycles. The average Bonchev–Trinajstić information content (AvgIpc) is 2.86. The van der Waals surface area contributed by atoms with Crippen molar-refractivity contribution in [1.29, 1.82) is 0 Å². The number of hydrogen-bond donors (Lipinski definition) is 3. The third-order valence-electron chi connectivity index (χ3n) is 5.36. The minimum Gasteiger partial charge on any atom is -0.479 e. The molecule has 0 aliphatic heterocycles. The van der Waals surface area contributed by atoms with Crippen molar-refractivity contribution in [2.75, 3.05) is 20.8 Å². The van der Waals surface area contributed by atoms with Crippen LogP contribution in [0.25, 0.3) is 10.8 Å². The molecule has 0 aliphatic carbocycles. The highest BCUT2D eigenvalue weighted by Crippen LogP contribution is 2.50. The van der Waals surface area contributed by atoms with E-state index in [-0.39, 0.29) is 22.1 Å². The van der Waals surface area contributed by atoms with Gasteiger partial charge < -0.3 is 24.8 Å². The predicted molar refractivity (Wildman–Crippen MR) is 132 cm³/mol. The third kappa shape index (κ3) is 6.07. The van der Waals surface area contributed by atoms with Gasteiger partial charge in [0, 0.05) is 26.3 Å². The molecule has 3 rings (SSSR count). The molecule has 2 amide bonds. The molecule has 35 heavy (non-hydrogen) atoms. The lowest BCUT2D eigenvalue weighted by Gasteiger charge is -2.22. The van der Waals surface area contributed by atoms with Gasteiger partial charge in [0.1, 0.15) is 0 Å². The van der Waals surface area contributed by atoms with Crippen molar-refractivity contribution in [3.8, 4) is 0 Å². The lowest BCUT2D eigenvalue weighted by molar-refractivity contribution is -0.137. The van der Waals surface area contributed by atoms with Crippen molar-refractivity contribution in [2.24, 2.45) is 0 Å². The Kier molecular flexibility index (Phi) is 8.64. The molecular formula is C24H24ClN2O7P. The maximum atomic E-state index is 12.6. The summed E-state index contributed by atoms with van der Waals surface area (Å²) in [6, 6.07) is 18.0. The first-order valence-electron chi connectivity index (χ1n) is 10.5. The van der Waals surface area contributed by atoms with Gasteiger partial charge in [0.05, 0.1) is 10.6 Å². The molecule has 0 spiro atoms. The van der Waals surface area contributed by atoms with E-state index in [1.165, 1.54) is 18.2 Å². The lowest BCUT2D eigenvalue weighted by Crippen LogP contribution is -2.41. The number of aliphatic carboxylic acids is 1. The number of hydrogen-bond acceptors (Lipinski definition) is 6. The Morgan fingerprint density at radius 1 is 1.00 bits per heavy atom. The summed E-state index contributed by atoms with van der Waals surface area (Å²) in [6.45, 7) is 0.385. The maximum Gasteiger partial charge on any atom is 0.363 e.